The lowest BCUT2D eigenvalue weighted by Gasteiger charge is -2.24. The van der Waals surface area contributed by atoms with Crippen LogP contribution in [0.15, 0.2) is 42.5 Å². The molecule has 2 nitrogen and oxygen atoms in total. The number of halogens is 2. The number of carbonyl (C=O) groups excluding carboxylic acids is 1. The van der Waals surface area contributed by atoms with E-state index in [-0.39, 0.29) is 17.5 Å². The van der Waals surface area contributed by atoms with Gasteiger partial charge in [-0.3, -0.25) is 4.79 Å². The number of hydrogen-bond donors (Lipinski definition) is 0. The van der Waals surface area contributed by atoms with E-state index in [0.29, 0.717) is 17.2 Å². The third-order valence-corrected chi connectivity index (χ3v) is 4.68. The van der Waals surface area contributed by atoms with Crippen LogP contribution in [0.1, 0.15) is 32.6 Å². The average Bonchev–Trinajstić information content (AvgIpc) is 2.59. The summed E-state index contributed by atoms with van der Waals surface area (Å²) in [5.74, 6) is -0.894. The van der Waals surface area contributed by atoms with E-state index in [1.54, 1.807) is 24.3 Å². The highest BCUT2D eigenvalue weighted by atomic mass is 19.2. The summed E-state index contributed by atoms with van der Waals surface area (Å²) < 4.78 is 32.5. The maximum atomic E-state index is 13.8. The minimum Gasteiger partial charge on any atom is -0.426 e. The Morgan fingerprint density at radius 2 is 1.67 bits per heavy atom. The van der Waals surface area contributed by atoms with E-state index in [9.17, 15) is 13.6 Å². The van der Waals surface area contributed by atoms with Gasteiger partial charge in [-0.05, 0) is 55.4 Å². The molecule has 0 spiro atoms. The fraction of sp³-hybridized carbons (Fsp3) is 0.350. The molecular formula is C20H20F2O2. The van der Waals surface area contributed by atoms with Crippen LogP contribution in [0.3, 0.4) is 0 Å². The van der Waals surface area contributed by atoms with Gasteiger partial charge in [-0.15, -0.1) is 0 Å². The Morgan fingerprint density at radius 1 is 1.00 bits per heavy atom. The van der Waals surface area contributed by atoms with Gasteiger partial charge in [-0.1, -0.05) is 31.2 Å². The van der Waals surface area contributed by atoms with Crippen LogP contribution >= 0.6 is 0 Å². The molecular weight excluding hydrogens is 310 g/mol. The van der Waals surface area contributed by atoms with Crippen molar-refractivity contribution >= 4 is 5.97 Å². The van der Waals surface area contributed by atoms with Crippen LogP contribution in [0, 0.1) is 23.5 Å². The number of rotatable bonds is 3. The van der Waals surface area contributed by atoms with Crippen molar-refractivity contribution in [3.05, 3.63) is 54.1 Å². The van der Waals surface area contributed by atoms with E-state index in [0.717, 1.165) is 31.7 Å². The van der Waals surface area contributed by atoms with Crippen molar-refractivity contribution in [1.29, 1.82) is 0 Å². The molecule has 126 valence electrons. The van der Waals surface area contributed by atoms with E-state index in [1.165, 1.54) is 12.1 Å². The van der Waals surface area contributed by atoms with Gasteiger partial charge in [0.25, 0.3) is 0 Å². The summed E-state index contributed by atoms with van der Waals surface area (Å²) in [7, 11) is 0. The van der Waals surface area contributed by atoms with Gasteiger partial charge in [0.2, 0.25) is 0 Å². The fourth-order valence-corrected chi connectivity index (χ4v) is 3.12. The summed E-state index contributed by atoms with van der Waals surface area (Å²) in [6, 6.07) is 10.5. The van der Waals surface area contributed by atoms with Gasteiger partial charge in [0.15, 0.2) is 11.6 Å². The van der Waals surface area contributed by atoms with Crippen molar-refractivity contribution in [3.8, 4) is 16.9 Å². The molecule has 24 heavy (non-hydrogen) atoms. The summed E-state index contributed by atoms with van der Waals surface area (Å²) in [5.41, 5.74) is 0.729. The Morgan fingerprint density at radius 3 is 2.33 bits per heavy atom. The van der Waals surface area contributed by atoms with Crippen molar-refractivity contribution in [2.24, 2.45) is 11.8 Å². The van der Waals surface area contributed by atoms with Crippen LogP contribution in [0.25, 0.3) is 11.1 Å². The van der Waals surface area contributed by atoms with Crippen LogP contribution in [-0.4, -0.2) is 5.97 Å². The van der Waals surface area contributed by atoms with Gasteiger partial charge in [0.05, 0.1) is 5.92 Å². The topological polar surface area (TPSA) is 26.3 Å². The van der Waals surface area contributed by atoms with Gasteiger partial charge in [0, 0.05) is 5.56 Å². The lowest BCUT2D eigenvalue weighted by molar-refractivity contribution is -0.140. The second kappa shape index (κ2) is 7.12. The summed E-state index contributed by atoms with van der Waals surface area (Å²) in [6.07, 6.45) is 3.84. The molecule has 0 aromatic heterocycles. The first-order valence-corrected chi connectivity index (χ1v) is 8.30. The molecule has 0 saturated heterocycles. The molecule has 0 N–H and O–H groups in total. The number of esters is 1. The number of benzene rings is 2. The summed E-state index contributed by atoms with van der Waals surface area (Å²) in [6.45, 7) is 2.20. The van der Waals surface area contributed by atoms with Crippen LogP contribution in [0.2, 0.25) is 0 Å². The predicted octanol–water partition coefficient (Wildman–Crippen LogP) is 5.36. The molecule has 0 amide bonds. The highest BCUT2D eigenvalue weighted by Crippen LogP contribution is 2.30. The van der Waals surface area contributed by atoms with Crippen molar-refractivity contribution in [1.82, 2.24) is 0 Å². The average molecular weight is 330 g/mol. The summed E-state index contributed by atoms with van der Waals surface area (Å²) in [4.78, 5) is 12.2. The van der Waals surface area contributed by atoms with E-state index < -0.39 is 11.6 Å². The van der Waals surface area contributed by atoms with Crippen molar-refractivity contribution in [3.63, 3.8) is 0 Å². The zero-order valence-corrected chi connectivity index (χ0v) is 13.6. The van der Waals surface area contributed by atoms with Crippen LogP contribution < -0.4 is 4.74 Å². The molecule has 4 heteroatoms. The van der Waals surface area contributed by atoms with E-state index in [4.69, 9.17) is 4.74 Å². The predicted molar refractivity (Wildman–Crippen MR) is 88.6 cm³/mol. The Balaban J connectivity index is 1.68. The normalized spacial score (nSPS) is 20.6. The maximum Gasteiger partial charge on any atom is 0.314 e. The highest BCUT2D eigenvalue weighted by Gasteiger charge is 2.25. The number of hydrogen-bond acceptors (Lipinski definition) is 2. The highest BCUT2D eigenvalue weighted by molar-refractivity contribution is 5.75. The first-order chi connectivity index (χ1) is 11.5. The molecule has 0 aliphatic heterocycles. The molecule has 0 bridgehead atoms. The lowest BCUT2D eigenvalue weighted by Crippen LogP contribution is -2.24. The largest absolute Gasteiger partial charge is 0.426 e. The van der Waals surface area contributed by atoms with Gasteiger partial charge < -0.3 is 4.74 Å². The fourth-order valence-electron chi connectivity index (χ4n) is 3.12. The first kappa shape index (κ1) is 16.6. The molecule has 0 unspecified atom stereocenters. The molecule has 2 aromatic carbocycles. The first-order valence-electron chi connectivity index (χ1n) is 8.30. The molecule has 0 atom stereocenters. The number of ether oxygens (including phenoxy) is 1. The third-order valence-electron chi connectivity index (χ3n) is 4.68. The van der Waals surface area contributed by atoms with Crippen LogP contribution in [-0.2, 0) is 4.79 Å². The molecule has 1 fully saturated rings. The third kappa shape index (κ3) is 3.64. The van der Waals surface area contributed by atoms with E-state index in [2.05, 4.69) is 6.92 Å². The Labute approximate surface area is 140 Å². The number of carbonyl (C=O) groups is 1. The minimum absolute atomic E-state index is 0.0402. The Bertz CT molecular complexity index is 717. The summed E-state index contributed by atoms with van der Waals surface area (Å²) in [5, 5.41) is 0. The van der Waals surface area contributed by atoms with Gasteiger partial charge in [-0.25, -0.2) is 8.78 Å². The minimum atomic E-state index is -0.880. The van der Waals surface area contributed by atoms with E-state index >= 15 is 0 Å². The Hall–Kier alpha value is -2.23. The van der Waals surface area contributed by atoms with E-state index in [1.807, 2.05) is 0 Å². The molecule has 1 aliphatic rings. The molecule has 0 radical (unpaired) electrons. The molecule has 2 aromatic rings. The van der Waals surface area contributed by atoms with Crippen LogP contribution in [0.5, 0.6) is 5.75 Å². The summed E-state index contributed by atoms with van der Waals surface area (Å²) >= 11 is 0. The van der Waals surface area contributed by atoms with Crippen molar-refractivity contribution < 1.29 is 18.3 Å². The monoisotopic (exact) mass is 330 g/mol. The quantitative estimate of drug-likeness (QED) is 0.559. The SMILES string of the molecule is CC1CCC(C(=O)Oc2ccc(-c3cccc(F)c3F)cc2)CC1. The van der Waals surface area contributed by atoms with Gasteiger partial charge in [0.1, 0.15) is 5.75 Å². The molecule has 0 heterocycles. The molecule has 1 aliphatic carbocycles. The zero-order valence-electron chi connectivity index (χ0n) is 13.6. The van der Waals surface area contributed by atoms with Crippen molar-refractivity contribution in [2.45, 2.75) is 32.6 Å². The second-order valence-electron chi connectivity index (χ2n) is 6.50. The maximum absolute atomic E-state index is 13.8. The molecule has 1 saturated carbocycles. The van der Waals surface area contributed by atoms with Gasteiger partial charge >= 0.3 is 5.97 Å². The zero-order chi connectivity index (χ0) is 17.1. The van der Waals surface area contributed by atoms with Gasteiger partial charge in [-0.2, -0.15) is 0 Å². The smallest absolute Gasteiger partial charge is 0.314 e. The van der Waals surface area contributed by atoms with Crippen LogP contribution in [0.4, 0.5) is 8.78 Å². The standard InChI is InChI=1S/C20H20F2O2/c1-13-5-7-15(8-6-13)20(23)24-16-11-9-14(10-12-16)17-3-2-4-18(21)19(17)22/h2-4,9-13,15H,5-8H2,1H3. The second-order valence-corrected chi connectivity index (χ2v) is 6.50. The van der Waals surface area contributed by atoms with Crippen molar-refractivity contribution in [2.75, 3.05) is 0 Å². The molecule has 3 rings (SSSR count). The lowest BCUT2D eigenvalue weighted by atomic mass is 9.83. The Kier molecular flexibility index (Phi) is 4.93.